The summed E-state index contributed by atoms with van der Waals surface area (Å²) in [6.45, 7) is 0.466. The molecule has 106 valence electrons. The van der Waals surface area contributed by atoms with Crippen molar-refractivity contribution in [3.05, 3.63) is 55.4 Å². The van der Waals surface area contributed by atoms with Gasteiger partial charge in [0.25, 0.3) is 5.56 Å². The second-order valence-electron chi connectivity index (χ2n) is 4.34. The molecule has 0 bridgehead atoms. The van der Waals surface area contributed by atoms with Crippen LogP contribution in [0.25, 0.3) is 0 Å². The van der Waals surface area contributed by atoms with Gasteiger partial charge in [0.05, 0.1) is 21.9 Å². The molecule has 2 rings (SSSR count). The molecule has 0 atom stereocenters. The summed E-state index contributed by atoms with van der Waals surface area (Å²) in [6.07, 6.45) is 1.54. The summed E-state index contributed by atoms with van der Waals surface area (Å²) >= 11 is 18.2. The first-order valence-electron chi connectivity index (χ1n) is 5.77. The molecule has 0 radical (unpaired) electrons. The van der Waals surface area contributed by atoms with E-state index in [1.807, 2.05) is 12.1 Å². The van der Waals surface area contributed by atoms with Crippen molar-refractivity contribution in [1.82, 2.24) is 9.78 Å². The molecule has 1 aromatic carbocycles. The van der Waals surface area contributed by atoms with Crippen LogP contribution in [0.2, 0.25) is 15.1 Å². The van der Waals surface area contributed by atoms with E-state index in [9.17, 15) is 4.79 Å². The van der Waals surface area contributed by atoms with Crippen LogP contribution in [-0.2, 0) is 13.6 Å². The Hall–Kier alpha value is -1.23. The zero-order chi connectivity index (χ0) is 14.9. The van der Waals surface area contributed by atoms with Gasteiger partial charge in [-0.3, -0.25) is 4.79 Å². The standard InChI is InChI=1S/C13H12Cl3N3O/c1-18(7-8-4-3-5-9(14)11(8)15)10-6-17-19(2)13(20)12(10)16/h3-6H,7H2,1-2H3. The SMILES string of the molecule is CN(Cc1cccc(Cl)c1Cl)c1cnn(C)c(=O)c1Cl. The number of hydrogen-bond acceptors (Lipinski definition) is 3. The Morgan fingerprint density at radius 2 is 1.95 bits per heavy atom. The fourth-order valence-corrected chi connectivity index (χ4v) is 2.47. The van der Waals surface area contributed by atoms with Crippen LogP contribution >= 0.6 is 34.8 Å². The number of aryl methyl sites for hydroxylation is 1. The zero-order valence-electron chi connectivity index (χ0n) is 10.9. The van der Waals surface area contributed by atoms with Crippen molar-refractivity contribution < 1.29 is 0 Å². The summed E-state index contributed by atoms with van der Waals surface area (Å²) in [5.41, 5.74) is 1.05. The van der Waals surface area contributed by atoms with Gasteiger partial charge in [0, 0.05) is 20.6 Å². The fourth-order valence-electron chi connectivity index (χ4n) is 1.78. The molecule has 0 spiro atoms. The Morgan fingerprint density at radius 1 is 1.25 bits per heavy atom. The van der Waals surface area contributed by atoms with Gasteiger partial charge in [-0.25, -0.2) is 4.68 Å². The number of nitrogens with zero attached hydrogens (tertiary/aromatic N) is 3. The molecule has 0 aliphatic rings. The number of benzene rings is 1. The van der Waals surface area contributed by atoms with Crippen molar-refractivity contribution >= 4 is 40.5 Å². The lowest BCUT2D eigenvalue weighted by atomic mass is 10.2. The molecule has 2 aromatic rings. The molecule has 0 amide bonds. The van der Waals surface area contributed by atoms with Crippen LogP contribution in [0.3, 0.4) is 0 Å². The van der Waals surface area contributed by atoms with Crippen LogP contribution in [0.1, 0.15) is 5.56 Å². The van der Waals surface area contributed by atoms with E-state index < -0.39 is 0 Å². The molecular weight excluding hydrogens is 321 g/mol. The number of aromatic nitrogens is 2. The van der Waals surface area contributed by atoms with Gasteiger partial charge < -0.3 is 4.90 Å². The highest BCUT2D eigenvalue weighted by Crippen LogP contribution is 2.28. The predicted octanol–water partition coefficient (Wildman–Crippen LogP) is 3.38. The first kappa shape index (κ1) is 15.2. The molecule has 1 heterocycles. The topological polar surface area (TPSA) is 38.1 Å². The number of hydrogen-bond donors (Lipinski definition) is 0. The van der Waals surface area contributed by atoms with Crippen molar-refractivity contribution in [3.8, 4) is 0 Å². The minimum Gasteiger partial charge on any atom is -0.368 e. The summed E-state index contributed by atoms with van der Waals surface area (Å²) in [7, 11) is 3.35. The molecule has 0 saturated heterocycles. The molecule has 7 heteroatoms. The van der Waals surface area contributed by atoms with Gasteiger partial charge in [-0.2, -0.15) is 5.10 Å². The molecule has 20 heavy (non-hydrogen) atoms. The monoisotopic (exact) mass is 331 g/mol. The van der Waals surface area contributed by atoms with Crippen LogP contribution in [-0.4, -0.2) is 16.8 Å². The van der Waals surface area contributed by atoms with Gasteiger partial charge in [0.1, 0.15) is 5.02 Å². The van der Waals surface area contributed by atoms with E-state index in [4.69, 9.17) is 34.8 Å². The van der Waals surface area contributed by atoms with Gasteiger partial charge in [-0.05, 0) is 11.6 Å². The van der Waals surface area contributed by atoms with Crippen LogP contribution in [0, 0.1) is 0 Å². The molecule has 0 fully saturated rings. The van der Waals surface area contributed by atoms with Gasteiger partial charge >= 0.3 is 0 Å². The van der Waals surface area contributed by atoms with E-state index in [2.05, 4.69) is 5.10 Å². The summed E-state index contributed by atoms with van der Waals surface area (Å²) < 4.78 is 1.19. The Balaban J connectivity index is 2.33. The third-order valence-corrected chi connectivity index (χ3v) is 4.12. The van der Waals surface area contributed by atoms with Crippen molar-refractivity contribution in [1.29, 1.82) is 0 Å². The minimum atomic E-state index is -0.340. The first-order chi connectivity index (χ1) is 9.41. The highest BCUT2D eigenvalue weighted by Gasteiger charge is 2.13. The molecular formula is C13H12Cl3N3O. The average Bonchev–Trinajstić information content (AvgIpc) is 2.41. The van der Waals surface area contributed by atoms with Crippen LogP contribution < -0.4 is 10.5 Å². The van der Waals surface area contributed by atoms with Crippen LogP contribution in [0.15, 0.2) is 29.2 Å². The smallest absolute Gasteiger partial charge is 0.287 e. The molecule has 0 unspecified atom stereocenters. The maximum atomic E-state index is 11.8. The largest absolute Gasteiger partial charge is 0.368 e. The van der Waals surface area contributed by atoms with Crippen LogP contribution in [0.5, 0.6) is 0 Å². The van der Waals surface area contributed by atoms with E-state index >= 15 is 0 Å². The fraction of sp³-hybridized carbons (Fsp3) is 0.231. The third-order valence-electron chi connectivity index (χ3n) is 2.91. The third kappa shape index (κ3) is 2.92. The van der Waals surface area contributed by atoms with Crippen molar-refractivity contribution in [2.45, 2.75) is 6.54 Å². The Kier molecular flexibility index (Phi) is 4.58. The van der Waals surface area contributed by atoms with E-state index in [1.165, 1.54) is 4.68 Å². The maximum Gasteiger partial charge on any atom is 0.287 e. The van der Waals surface area contributed by atoms with Crippen molar-refractivity contribution in [2.75, 3.05) is 11.9 Å². The van der Waals surface area contributed by atoms with Gasteiger partial charge in [-0.1, -0.05) is 46.9 Å². The van der Waals surface area contributed by atoms with E-state index in [0.717, 1.165) is 5.56 Å². The highest BCUT2D eigenvalue weighted by molar-refractivity contribution is 6.42. The Bertz CT molecular complexity index is 700. The first-order valence-corrected chi connectivity index (χ1v) is 6.91. The molecule has 0 N–H and O–H groups in total. The highest BCUT2D eigenvalue weighted by atomic mass is 35.5. The second-order valence-corrected chi connectivity index (χ2v) is 5.50. The Morgan fingerprint density at radius 3 is 2.65 bits per heavy atom. The van der Waals surface area contributed by atoms with E-state index in [0.29, 0.717) is 22.3 Å². The normalized spacial score (nSPS) is 10.7. The summed E-state index contributed by atoms with van der Waals surface area (Å²) in [4.78, 5) is 13.6. The molecule has 0 aliphatic heterocycles. The lowest BCUT2D eigenvalue weighted by Crippen LogP contribution is -2.25. The second kappa shape index (κ2) is 6.04. The lowest BCUT2D eigenvalue weighted by Gasteiger charge is -2.21. The Labute approximate surface area is 131 Å². The van der Waals surface area contributed by atoms with Gasteiger partial charge in [-0.15, -0.1) is 0 Å². The number of anilines is 1. The molecule has 4 nitrogen and oxygen atoms in total. The van der Waals surface area contributed by atoms with Gasteiger partial charge in [0.2, 0.25) is 0 Å². The summed E-state index contributed by atoms with van der Waals surface area (Å²) in [5, 5.41) is 5.07. The molecule has 0 aliphatic carbocycles. The van der Waals surface area contributed by atoms with Gasteiger partial charge in [0.15, 0.2) is 0 Å². The lowest BCUT2D eigenvalue weighted by molar-refractivity contribution is 0.703. The molecule has 0 saturated carbocycles. The molecule has 1 aromatic heterocycles. The van der Waals surface area contributed by atoms with E-state index in [1.54, 1.807) is 31.3 Å². The van der Waals surface area contributed by atoms with E-state index in [-0.39, 0.29) is 10.6 Å². The zero-order valence-corrected chi connectivity index (χ0v) is 13.2. The summed E-state index contributed by atoms with van der Waals surface area (Å²) in [6, 6.07) is 5.41. The predicted molar refractivity (Wildman–Crippen MR) is 83.1 cm³/mol. The number of halogens is 3. The van der Waals surface area contributed by atoms with Crippen molar-refractivity contribution in [2.24, 2.45) is 7.05 Å². The van der Waals surface area contributed by atoms with Crippen molar-refractivity contribution in [3.63, 3.8) is 0 Å². The number of rotatable bonds is 3. The maximum absolute atomic E-state index is 11.8. The van der Waals surface area contributed by atoms with Crippen LogP contribution in [0.4, 0.5) is 5.69 Å². The quantitative estimate of drug-likeness (QED) is 0.865. The summed E-state index contributed by atoms with van der Waals surface area (Å²) in [5.74, 6) is 0. The minimum absolute atomic E-state index is 0.128. The average molecular weight is 333 g/mol.